The van der Waals surface area contributed by atoms with Crippen molar-refractivity contribution in [3.8, 4) is 0 Å². The maximum absolute atomic E-state index is 10.6. The van der Waals surface area contributed by atoms with Gasteiger partial charge in [0.1, 0.15) is 5.82 Å². The van der Waals surface area contributed by atoms with Gasteiger partial charge in [-0.05, 0) is 33.6 Å². The second-order valence-electron chi connectivity index (χ2n) is 6.77. The Kier molecular flexibility index (Phi) is 7.95. The summed E-state index contributed by atoms with van der Waals surface area (Å²) in [5.41, 5.74) is 0.562. The van der Waals surface area contributed by atoms with E-state index in [1.54, 1.807) is 25.7 Å². The molecular formula is C17H30N4O2. The van der Waals surface area contributed by atoms with Crippen LogP contribution in [0.4, 0.5) is 5.82 Å². The SMILES string of the molecule is CC(C)(C)O.CCCCc1cnc(N2CCN(C=O)CC2)cn1. The fraction of sp³-hybridized carbons (Fsp3) is 0.706. The molecule has 130 valence electrons. The highest BCUT2D eigenvalue weighted by Gasteiger charge is 2.16. The fourth-order valence-corrected chi connectivity index (χ4v) is 2.05. The summed E-state index contributed by atoms with van der Waals surface area (Å²) in [6, 6.07) is 0. The zero-order valence-electron chi connectivity index (χ0n) is 14.8. The van der Waals surface area contributed by atoms with Gasteiger partial charge >= 0.3 is 0 Å². The van der Waals surface area contributed by atoms with Gasteiger partial charge in [-0.15, -0.1) is 0 Å². The molecule has 1 fully saturated rings. The van der Waals surface area contributed by atoms with Crippen molar-refractivity contribution in [3.05, 3.63) is 18.1 Å². The molecule has 2 heterocycles. The number of anilines is 1. The Balaban J connectivity index is 0.000000463. The van der Waals surface area contributed by atoms with Crippen molar-refractivity contribution in [3.63, 3.8) is 0 Å². The summed E-state index contributed by atoms with van der Waals surface area (Å²) in [7, 11) is 0. The number of piperazine rings is 1. The molecule has 1 aromatic rings. The van der Waals surface area contributed by atoms with Crippen LogP contribution in [0.5, 0.6) is 0 Å². The van der Waals surface area contributed by atoms with Crippen molar-refractivity contribution in [1.29, 1.82) is 0 Å². The lowest BCUT2D eigenvalue weighted by Gasteiger charge is -2.33. The van der Waals surface area contributed by atoms with E-state index in [9.17, 15) is 4.79 Å². The number of amides is 1. The van der Waals surface area contributed by atoms with Gasteiger partial charge in [-0.25, -0.2) is 4.98 Å². The van der Waals surface area contributed by atoms with Crippen molar-refractivity contribution in [2.45, 2.75) is 52.6 Å². The molecule has 1 aliphatic heterocycles. The Morgan fingerprint density at radius 2 is 1.78 bits per heavy atom. The number of carbonyl (C=O) groups excluding carboxylic acids is 1. The molecule has 1 N–H and O–H groups in total. The molecule has 1 aliphatic rings. The van der Waals surface area contributed by atoms with Crippen LogP contribution in [0.2, 0.25) is 0 Å². The summed E-state index contributed by atoms with van der Waals surface area (Å²) < 4.78 is 0. The van der Waals surface area contributed by atoms with Crippen LogP contribution in [0.25, 0.3) is 0 Å². The number of aryl methyl sites for hydroxylation is 1. The quantitative estimate of drug-likeness (QED) is 0.838. The second-order valence-corrected chi connectivity index (χ2v) is 6.77. The van der Waals surface area contributed by atoms with Gasteiger partial charge in [-0.2, -0.15) is 0 Å². The number of rotatable bonds is 5. The molecule has 6 nitrogen and oxygen atoms in total. The van der Waals surface area contributed by atoms with Crippen molar-refractivity contribution < 1.29 is 9.90 Å². The monoisotopic (exact) mass is 322 g/mol. The van der Waals surface area contributed by atoms with Crippen LogP contribution in [0, 0.1) is 0 Å². The lowest BCUT2D eigenvalue weighted by molar-refractivity contribution is -0.118. The number of aliphatic hydroxyl groups is 1. The van der Waals surface area contributed by atoms with E-state index < -0.39 is 5.60 Å². The van der Waals surface area contributed by atoms with Gasteiger partial charge in [0.25, 0.3) is 0 Å². The molecule has 6 heteroatoms. The number of hydrogen-bond donors (Lipinski definition) is 1. The standard InChI is InChI=1S/C13H20N4O.C4H10O/c1-2-3-4-12-9-15-13(10-14-12)17-7-5-16(11-18)6-8-17;1-4(2,3)5/h9-11H,2-8H2,1H3;5H,1-3H3. The fourth-order valence-electron chi connectivity index (χ4n) is 2.05. The third kappa shape index (κ3) is 8.50. The molecule has 1 amide bonds. The molecule has 0 spiro atoms. The molecule has 23 heavy (non-hydrogen) atoms. The van der Waals surface area contributed by atoms with E-state index in [2.05, 4.69) is 21.8 Å². The lowest BCUT2D eigenvalue weighted by Crippen LogP contribution is -2.46. The zero-order chi connectivity index (χ0) is 17.3. The summed E-state index contributed by atoms with van der Waals surface area (Å²) in [4.78, 5) is 23.5. The molecule has 2 rings (SSSR count). The molecule has 0 aliphatic carbocycles. The van der Waals surface area contributed by atoms with Gasteiger partial charge in [0.05, 0.1) is 23.7 Å². The molecule has 0 radical (unpaired) electrons. The van der Waals surface area contributed by atoms with Crippen LogP contribution in [0.3, 0.4) is 0 Å². The van der Waals surface area contributed by atoms with E-state index in [-0.39, 0.29) is 0 Å². The zero-order valence-corrected chi connectivity index (χ0v) is 14.8. The summed E-state index contributed by atoms with van der Waals surface area (Å²) in [6.45, 7) is 10.6. The number of aromatic nitrogens is 2. The van der Waals surface area contributed by atoms with Crippen molar-refractivity contribution in [2.75, 3.05) is 31.1 Å². The Morgan fingerprint density at radius 3 is 2.22 bits per heavy atom. The number of unbranched alkanes of at least 4 members (excludes halogenated alkanes) is 1. The molecule has 1 saturated heterocycles. The second kappa shape index (κ2) is 9.45. The minimum absolute atomic E-state index is 0.500. The predicted molar refractivity (Wildman–Crippen MR) is 92.5 cm³/mol. The number of carbonyl (C=O) groups is 1. The third-order valence-electron chi connectivity index (χ3n) is 3.27. The van der Waals surface area contributed by atoms with Crippen LogP contribution >= 0.6 is 0 Å². The molecule has 1 aromatic heterocycles. The van der Waals surface area contributed by atoms with E-state index in [1.165, 1.54) is 6.42 Å². The minimum Gasteiger partial charge on any atom is -0.391 e. The normalized spacial score (nSPS) is 15.0. The minimum atomic E-state index is -0.500. The average Bonchev–Trinajstić information content (AvgIpc) is 2.52. The first-order chi connectivity index (χ1) is 10.8. The molecule has 0 atom stereocenters. The molecule has 0 saturated carbocycles. The van der Waals surface area contributed by atoms with Crippen LogP contribution in [0.15, 0.2) is 12.4 Å². The summed E-state index contributed by atoms with van der Waals surface area (Å²) in [6.07, 6.45) is 7.97. The van der Waals surface area contributed by atoms with Crippen LogP contribution in [-0.2, 0) is 11.2 Å². The smallest absolute Gasteiger partial charge is 0.209 e. The van der Waals surface area contributed by atoms with Gasteiger partial charge in [0, 0.05) is 26.2 Å². The van der Waals surface area contributed by atoms with E-state index in [0.717, 1.165) is 56.9 Å². The third-order valence-corrected chi connectivity index (χ3v) is 3.27. The molecule has 0 unspecified atom stereocenters. The van der Waals surface area contributed by atoms with Crippen LogP contribution in [-0.4, -0.2) is 58.2 Å². The molecular weight excluding hydrogens is 292 g/mol. The van der Waals surface area contributed by atoms with Crippen LogP contribution < -0.4 is 4.90 Å². The highest BCUT2D eigenvalue weighted by Crippen LogP contribution is 2.12. The Labute approximate surface area is 139 Å². The van der Waals surface area contributed by atoms with Gasteiger partial charge in [-0.1, -0.05) is 13.3 Å². The van der Waals surface area contributed by atoms with E-state index in [4.69, 9.17) is 5.11 Å². The summed E-state index contributed by atoms with van der Waals surface area (Å²) >= 11 is 0. The summed E-state index contributed by atoms with van der Waals surface area (Å²) in [5, 5.41) is 8.52. The van der Waals surface area contributed by atoms with Crippen molar-refractivity contribution in [2.24, 2.45) is 0 Å². The first kappa shape index (κ1) is 19.4. The average molecular weight is 322 g/mol. The molecule has 0 bridgehead atoms. The highest BCUT2D eigenvalue weighted by molar-refractivity contribution is 5.48. The first-order valence-corrected chi connectivity index (χ1v) is 8.31. The van der Waals surface area contributed by atoms with Crippen molar-refractivity contribution >= 4 is 12.2 Å². The van der Waals surface area contributed by atoms with E-state index in [1.807, 2.05) is 12.4 Å². The Bertz CT molecular complexity index is 443. The number of hydrogen-bond acceptors (Lipinski definition) is 5. The Morgan fingerprint density at radius 1 is 1.17 bits per heavy atom. The molecule has 0 aromatic carbocycles. The van der Waals surface area contributed by atoms with Crippen LogP contribution in [0.1, 0.15) is 46.2 Å². The van der Waals surface area contributed by atoms with Crippen molar-refractivity contribution in [1.82, 2.24) is 14.9 Å². The van der Waals surface area contributed by atoms with Gasteiger partial charge in [0.15, 0.2) is 0 Å². The largest absolute Gasteiger partial charge is 0.391 e. The highest BCUT2D eigenvalue weighted by atomic mass is 16.3. The van der Waals surface area contributed by atoms with E-state index in [0.29, 0.717) is 0 Å². The maximum atomic E-state index is 10.6. The predicted octanol–water partition coefficient (Wildman–Crippen LogP) is 1.87. The lowest BCUT2D eigenvalue weighted by atomic mass is 10.2. The number of nitrogens with zero attached hydrogens (tertiary/aromatic N) is 4. The maximum Gasteiger partial charge on any atom is 0.209 e. The first-order valence-electron chi connectivity index (χ1n) is 8.31. The topological polar surface area (TPSA) is 69.6 Å². The Hall–Kier alpha value is -1.69. The summed E-state index contributed by atoms with van der Waals surface area (Å²) in [5.74, 6) is 0.917. The van der Waals surface area contributed by atoms with Gasteiger partial charge in [-0.3, -0.25) is 9.78 Å². The van der Waals surface area contributed by atoms with Gasteiger partial charge < -0.3 is 14.9 Å². The van der Waals surface area contributed by atoms with E-state index >= 15 is 0 Å². The van der Waals surface area contributed by atoms with Gasteiger partial charge in [0.2, 0.25) is 6.41 Å².